The van der Waals surface area contributed by atoms with E-state index in [1.54, 1.807) is 4.57 Å². The van der Waals surface area contributed by atoms with E-state index in [4.69, 9.17) is 17.3 Å². The molecule has 3 atom stereocenters. The summed E-state index contributed by atoms with van der Waals surface area (Å²) in [5.41, 5.74) is 6.56. The molecule has 28 heavy (non-hydrogen) atoms. The van der Waals surface area contributed by atoms with Crippen LogP contribution in [0.4, 0.5) is 19.1 Å². The number of nitrogens with two attached hydrogens (primary N) is 1. The second-order valence-electron chi connectivity index (χ2n) is 6.89. The van der Waals surface area contributed by atoms with Crippen LogP contribution in [0, 0.1) is 11.6 Å². The lowest BCUT2D eigenvalue weighted by atomic mass is 10.1. The van der Waals surface area contributed by atoms with Gasteiger partial charge in [-0.3, -0.25) is 4.57 Å². The molecule has 1 saturated heterocycles. The molecule has 10 heteroatoms. The van der Waals surface area contributed by atoms with Crippen LogP contribution in [-0.2, 0) is 0 Å². The zero-order chi connectivity index (χ0) is 20.0. The SMILES string of the molecule is C[C@@H](c1ncc(Cl)cn1)n1c(N2CC[C@@H](F)[C@H](N)C2)nc2cc(F)c(F)cc21. The van der Waals surface area contributed by atoms with E-state index < -0.39 is 29.9 Å². The van der Waals surface area contributed by atoms with E-state index in [1.807, 2.05) is 11.8 Å². The van der Waals surface area contributed by atoms with Gasteiger partial charge < -0.3 is 10.6 Å². The van der Waals surface area contributed by atoms with Gasteiger partial charge in [0.05, 0.1) is 28.1 Å². The minimum atomic E-state index is -1.10. The van der Waals surface area contributed by atoms with Gasteiger partial charge in [-0.15, -0.1) is 0 Å². The zero-order valence-electron chi connectivity index (χ0n) is 15.0. The van der Waals surface area contributed by atoms with Crippen LogP contribution in [0.15, 0.2) is 24.5 Å². The molecule has 0 unspecified atom stereocenters. The number of aromatic nitrogens is 4. The van der Waals surface area contributed by atoms with Crippen LogP contribution in [0.3, 0.4) is 0 Å². The number of piperidine rings is 1. The lowest BCUT2D eigenvalue weighted by molar-refractivity contribution is 0.243. The van der Waals surface area contributed by atoms with Crippen LogP contribution in [0.5, 0.6) is 0 Å². The van der Waals surface area contributed by atoms with Crippen molar-refractivity contribution in [3.63, 3.8) is 0 Å². The third kappa shape index (κ3) is 3.29. The number of hydrogen-bond acceptors (Lipinski definition) is 5. The van der Waals surface area contributed by atoms with Crippen molar-refractivity contribution in [1.29, 1.82) is 0 Å². The average Bonchev–Trinajstić information content (AvgIpc) is 3.02. The maximum Gasteiger partial charge on any atom is 0.207 e. The molecule has 2 aromatic heterocycles. The number of hydrogen-bond donors (Lipinski definition) is 1. The topological polar surface area (TPSA) is 72.9 Å². The van der Waals surface area contributed by atoms with Gasteiger partial charge in [-0.25, -0.2) is 28.1 Å². The van der Waals surface area contributed by atoms with Gasteiger partial charge in [-0.05, 0) is 13.3 Å². The molecule has 148 valence electrons. The molecule has 6 nitrogen and oxygen atoms in total. The minimum Gasteiger partial charge on any atom is -0.340 e. The standard InChI is InChI=1S/C18H18ClF3N6/c1-9(17-24-6-10(19)7-25-17)28-16-5-13(22)12(21)4-15(16)26-18(28)27-3-2-11(20)14(23)8-27/h4-7,9,11,14H,2-3,8,23H2,1H3/t9-,11+,14+/m0/s1. The first-order valence-electron chi connectivity index (χ1n) is 8.84. The van der Waals surface area contributed by atoms with E-state index in [9.17, 15) is 13.2 Å². The summed E-state index contributed by atoms with van der Waals surface area (Å²) in [4.78, 5) is 14.8. The van der Waals surface area contributed by atoms with Crippen LogP contribution >= 0.6 is 11.6 Å². The summed E-state index contributed by atoms with van der Waals surface area (Å²) in [6, 6.07) is 1.01. The number of benzene rings is 1. The summed E-state index contributed by atoms with van der Waals surface area (Å²) < 4.78 is 43.3. The van der Waals surface area contributed by atoms with Crippen molar-refractivity contribution in [1.82, 2.24) is 19.5 Å². The number of anilines is 1. The number of nitrogens with zero attached hydrogens (tertiary/aromatic N) is 5. The second kappa shape index (κ2) is 7.21. The van der Waals surface area contributed by atoms with E-state index in [1.165, 1.54) is 12.4 Å². The Labute approximate surface area is 164 Å². The van der Waals surface area contributed by atoms with Crippen LogP contribution in [-0.4, -0.2) is 44.8 Å². The molecular weight excluding hydrogens is 393 g/mol. The molecule has 3 aromatic rings. The molecule has 1 fully saturated rings. The van der Waals surface area contributed by atoms with Gasteiger partial charge in [-0.2, -0.15) is 0 Å². The molecule has 4 rings (SSSR count). The Hall–Kier alpha value is -2.39. The fourth-order valence-corrected chi connectivity index (χ4v) is 3.57. The van der Waals surface area contributed by atoms with Crippen molar-refractivity contribution < 1.29 is 13.2 Å². The Morgan fingerprint density at radius 1 is 1.21 bits per heavy atom. The van der Waals surface area contributed by atoms with E-state index in [0.717, 1.165) is 12.1 Å². The fourth-order valence-electron chi connectivity index (χ4n) is 3.47. The van der Waals surface area contributed by atoms with Gasteiger partial charge >= 0.3 is 0 Å². The summed E-state index contributed by atoms with van der Waals surface area (Å²) in [5.74, 6) is -1.10. The third-order valence-electron chi connectivity index (χ3n) is 4.97. The molecule has 0 radical (unpaired) electrons. The summed E-state index contributed by atoms with van der Waals surface area (Å²) >= 11 is 5.86. The number of rotatable bonds is 3. The highest BCUT2D eigenvalue weighted by atomic mass is 35.5. The van der Waals surface area contributed by atoms with Crippen LogP contribution in [0.2, 0.25) is 5.02 Å². The van der Waals surface area contributed by atoms with Crippen molar-refractivity contribution in [3.05, 3.63) is 47.0 Å². The first-order valence-corrected chi connectivity index (χ1v) is 9.22. The zero-order valence-corrected chi connectivity index (χ0v) is 15.7. The lowest BCUT2D eigenvalue weighted by Crippen LogP contribution is -2.50. The normalized spacial score (nSPS) is 21.3. The van der Waals surface area contributed by atoms with Gasteiger partial charge in [0.2, 0.25) is 5.95 Å². The van der Waals surface area contributed by atoms with E-state index in [0.29, 0.717) is 28.9 Å². The molecule has 0 saturated carbocycles. The summed E-state index contributed by atoms with van der Waals surface area (Å²) in [5, 5.41) is 0.385. The first kappa shape index (κ1) is 18.9. The average molecular weight is 411 g/mol. The Kier molecular flexibility index (Phi) is 4.88. The van der Waals surface area contributed by atoms with E-state index >= 15 is 0 Å². The monoisotopic (exact) mass is 410 g/mol. The number of imidazole rings is 1. The molecule has 1 aromatic carbocycles. The van der Waals surface area contributed by atoms with Crippen LogP contribution in [0.25, 0.3) is 11.0 Å². The van der Waals surface area contributed by atoms with Crippen molar-refractivity contribution in [2.45, 2.75) is 31.6 Å². The summed E-state index contributed by atoms with van der Waals surface area (Å²) in [6.45, 7) is 2.44. The maximum absolute atomic E-state index is 14.0. The smallest absolute Gasteiger partial charge is 0.207 e. The Balaban J connectivity index is 1.86. The molecule has 3 heterocycles. The highest BCUT2D eigenvalue weighted by molar-refractivity contribution is 6.30. The van der Waals surface area contributed by atoms with Crippen molar-refractivity contribution in [2.24, 2.45) is 5.73 Å². The summed E-state index contributed by atoms with van der Waals surface area (Å²) in [6.07, 6.45) is 2.08. The molecule has 0 amide bonds. The van der Waals surface area contributed by atoms with Gasteiger partial charge in [0, 0.05) is 37.6 Å². The van der Waals surface area contributed by atoms with E-state index in [-0.39, 0.29) is 18.5 Å². The first-order chi connectivity index (χ1) is 13.3. The number of halogens is 4. The Morgan fingerprint density at radius 2 is 1.89 bits per heavy atom. The molecule has 1 aliphatic rings. The predicted octanol–water partition coefficient (Wildman–Crippen LogP) is 3.24. The van der Waals surface area contributed by atoms with Gasteiger partial charge in [-0.1, -0.05) is 11.6 Å². The number of alkyl halides is 1. The molecule has 0 aliphatic carbocycles. The molecule has 2 N–H and O–H groups in total. The minimum absolute atomic E-state index is 0.240. The Bertz CT molecular complexity index is 1010. The largest absolute Gasteiger partial charge is 0.340 e. The van der Waals surface area contributed by atoms with Crippen molar-refractivity contribution in [3.8, 4) is 0 Å². The molecule has 0 spiro atoms. The van der Waals surface area contributed by atoms with Gasteiger partial charge in [0.15, 0.2) is 17.5 Å². The third-order valence-corrected chi connectivity index (χ3v) is 5.16. The second-order valence-corrected chi connectivity index (χ2v) is 7.32. The van der Waals surface area contributed by atoms with Crippen molar-refractivity contribution in [2.75, 3.05) is 18.0 Å². The molecule has 0 bridgehead atoms. The van der Waals surface area contributed by atoms with E-state index in [2.05, 4.69) is 15.0 Å². The highest BCUT2D eigenvalue weighted by Crippen LogP contribution is 2.32. The highest BCUT2D eigenvalue weighted by Gasteiger charge is 2.31. The van der Waals surface area contributed by atoms with Gasteiger partial charge in [0.1, 0.15) is 6.17 Å². The quantitative estimate of drug-likeness (QED) is 0.717. The maximum atomic E-state index is 14.0. The van der Waals surface area contributed by atoms with Crippen LogP contribution in [0.1, 0.15) is 25.2 Å². The molecular formula is C18H18ClF3N6. The van der Waals surface area contributed by atoms with Crippen LogP contribution < -0.4 is 10.6 Å². The predicted molar refractivity (Wildman–Crippen MR) is 100 cm³/mol. The van der Waals surface area contributed by atoms with Crippen molar-refractivity contribution >= 4 is 28.6 Å². The Morgan fingerprint density at radius 3 is 2.57 bits per heavy atom. The fraction of sp³-hybridized carbons (Fsp3) is 0.389. The number of fused-ring (bicyclic) bond motifs is 1. The molecule has 1 aliphatic heterocycles. The lowest BCUT2D eigenvalue weighted by Gasteiger charge is -2.34. The summed E-state index contributed by atoms with van der Waals surface area (Å²) in [7, 11) is 0. The van der Waals surface area contributed by atoms with Gasteiger partial charge in [0.25, 0.3) is 0 Å².